The van der Waals surface area contributed by atoms with Crippen LogP contribution in [0.1, 0.15) is 34.5 Å². The summed E-state index contributed by atoms with van der Waals surface area (Å²) >= 11 is 6.37. The molecule has 0 fully saturated rings. The van der Waals surface area contributed by atoms with Crippen molar-refractivity contribution in [2.45, 2.75) is 19.9 Å². The quantitative estimate of drug-likeness (QED) is 0.369. The summed E-state index contributed by atoms with van der Waals surface area (Å²) in [6, 6.07) is 12.2. The van der Waals surface area contributed by atoms with Crippen LogP contribution in [-0.2, 0) is 0 Å². The van der Waals surface area contributed by atoms with E-state index in [1.807, 2.05) is 32.0 Å². The van der Waals surface area contributed by atoms with Crippen LogP contribution >= 0.6 is 11.6 Å². The molecule has 2 aromatic carbocycles. The number of anilines is 3. The number of aryl methyl sites for hydroxylation is 1. The summed E-state index contributed by atoms with van der Waals surface area (Å²) in [6.07, 6.45) is 3.52. The summed E-state index contributed by atoms with van der Waals surface area (Å²) in [5.41, 5.74) is 3.01. The van der Waals surface area contributed by atoms with Crippen LogP contribution in [0.25, 0.3) is 10.9 Å². The summed E-state index contributed by atoms with van der Waals surface area (Å²) in [6.45, 7) is 3.78. The zero-order valence-corrected chi connectivity index (χ0v) is 17.6. The monoisotopic (exact) mass is 435 g/mol. The Morgan fingerprint density at radius 3 is 2.55 bits per heavy atom. The summed E-state index contributed by atoms with van der Waals surface area (Å²) in [7, 11) is 0. The van der Waals surface area contributed by atoms with E-state index in [-0.39, 0.29) is 6.04 Å². The number of carbonyl (C=O) groups is 1. The number of nitrogens with zero attached hydrogens (tertiary/aromatic N) is 3. The molecule has 2 heterocycles. The van der Waals surface area contributed by atoms with E-state index in [9.17, 15) is 9.18 Å². The number of halogens is 2. The maximum absolute atomic E-state index is 14.8. The molecule has 0 saturated heterocycles. The van der Waals surface area contributed by atoms with Gasteiger partial charge in [-0.3, -0.25) is 4.79 Å². The lowest BCUT2D eigenvalue weighted by Gasteiger charge is -2.16. The largest absolute Gasteiger partial charge is 0.348 e. The predicted octanol–water partition coefficient (Wildman–Crippen LogP) is 5.85. The van der Waals surface area contributed by atoms with E-state index in [0.717, 1.165) is 16.5 Å². The van der Waals surface area contributed by atoms with Crippen molar-refractivity contribution in [1.82, 2.24) is 15.0 Å². The van der Waals surface area contributed by atoms with Crippen molar-refractivity contribution in [2.24, 2.45) is 0 Å². The average molecular weight is 436 g/mol. The van der Waals surface area contributed by atoms with Crippen LogP contribution in [0.3, 0.4) is 0 Å². The van der Waals surface area contributed by atoms with Crippen LogP contribution in [0.2, 0.25) is 5.02 Å². The second-order valence-electron chi connectivity index (χ2n) is 7.15. The highest BCUT2D eigenvalue weighted by Crippen LogP contribution is 2.29. The van der Waals surface area contributed by atoms with E-state index >= 15 is 0 Å². The van der Waals surface area contributed by atoms with E-state index in [4.69, 9.17) is 11.6 Å². The van der Waals surface area contributed by atoms with Gasteiger partial charge in [-0.05, 0) is 49.2 Å². The first-order valence-corrected chi connectivity index (χ1v) is 9.98. The number of carbonyl (C=O) groups excluding carboxylic acids is 1. The highest BCUT2D eigenvalue weighted by atomic mass is 35.5. The van der Waals surface area contributed by atoms with Crippen molar-refractivity contribution >= 4 is 46.2 Å². The number of fused-ring (bicyclic) bond motifs is 1. The Hall–Kier alpha value is -3.58. The van der Waals surface area contributed by atoms with E-state index in [0.29, 0.717) is 39.8 Å². The number of pyridine rings is 1. The highest BCUT2D eigenvalue weighted by molar-refractivity contribution is 6.35. The second kappa shape index (κ2) is 8.65. The Labute approximate surface area is 183 Å². The fraction of sp³-hybridized carbons (Fsp3) is 0.130. The predicted molar refractivity (Wildman–Crippen MR) is 121 cm³/mol. The molecule has 1 atom stereocenters. The molecule has 6 nitrogen and oxygen atoms in total. The van der Waals surface area contributed by atoms with E-state index in [1.54, 1.807) is 18.2 Å². The first-order chi connectivity index (χ1) is 14.9. The Bertz CT molecular complexity index is 1260. The van der Waals surface area contributed by atoms with Gasteiger partial charge in [0.2, 0.25) is 5.95 Å². The van der Waals surface area contributed by atoms with Crippen LogP contribution in [0.4, 0.5) is 21.8 Å². The van der Waals surface area contributed by atoms with E-state index in [1.165, 1.54) is 18.5 Å². The van der Waals surface area contributed by atoms with Crippen LogP contribution < -0.4 is 10.6 Å². The maximum atomic E-state index is 14.8. The molecule has 0 bridgehead atoms. The molecular formula is C23H19ClFN5O. The highest BCUT2D eigenvalue weighted by Gasteiger charge is 2.12. The van der Waals surface area contributed by atoms with Gasteiger partial charge in [-0.2, -0.15) is 0 Å². The SMILES string of the molecule is Cc1ccc2ccc(Nc3ccc([C@H](C)Nc4ncc(C=O)cn4)cc3F)nc2c1Cl. The fourth-order valence-electron chi connectivity index (χ4n) is 3.11. The molecular weight excluding hydrogens is 417 g/mol. The molecule has 156 valence electrons. The van der Waals surface area contributed by atoms with Gasteiger partial charge >= 0.3 is 0 Å². The van der Waals surface area contributed by atoms with Crippen LogP contribution in [0.5, 0.6) is 0 Å². The fourth-order valence-corrected chi connectivity index (χ4v) is 3.33. The minimum absolute atomic E-state index is 0.244. The molecule has 0 aliphatic heterocycles. The number of hydrogen-bond acceptors (Lipinski definition) is 6. The lowest BCUT2D eigenvalue weighted by Crippen LogP contribution is -2.10. The molecule has 0 aliphatic carbocycles. The van der Waals surface area contributed by atoms with Crippen molar-refractivity contribution in [3.8, 4) is 0 Å². The Balaban J connectivity index is 1.52. The minimum Gasteiger partial charge on any atom is -0.348 e. The number of aromatic nitrogens is 3. The third-order valence-corrected chi connectivity index (χ3v) is 5.38. The van der Waals surface area contributed by atoms with Gasteiger partial charge in [0.05, 0.1) is 27.8 Å². The number of nitrogens with one attached hydrogen (secondary N) is 2. The third-order valence-electron chi connectivity index (χ3n) is 4.90. The van der Waals surface area contributed by atoms with Crippen LogP contribution in [0, 0.1) is 12.7 Å². The summed E-state index contributed by atoms with van der Waals surface area (Å²) in [5.74, 6) is 0.440. The van der Waals surface area contributed by atoms with Gasteiger partial charge in [0.1, 0.15) is 11.6 Å². The Kier molecular flexibility index (Phi) is 5.77. The zero-order chi connectivity index (χ0) is 22.0. The van der Waals surface area contributed by atoms with Gasteiger partial charge in [-0.1, -0.05) is 29.8 Å². The molecule has 0 amide bonds. The maximum Gasteiger partial charge on any atom is 0.223 e. The molecule has 4 rings (SSSR count). The number of rotatable bonds is 6. The lowest BCUT2D eigenvalue weighted by atomic mass is 10.1. The standard InChI is InChI=1S/C23H19ClFN5O/c1-13-3-4-16-6-8-20(30-22(16)21(13)24)29-19-7-5-17(9-18(19)25)14(2)28-23-26-10-15(12-31)11-27-23/h3-12,14H,1-2H3,(H,29,30)(H,26,27,28)/t14-/m0/s1. The molecule has 0 radical (unpaired) electrons. The van der Waals surface area contributed by atoms with Crippen molar-refractivity contribution in [3.63, 3.8) is 0 Å². The van der Waals surface area contributed by atoms with Crippen molar-refractivity contribution in [2.75, 3.05) is 10.6 Å². The van der Waals surface area contributed by atoms with Gasteiger partial charge in [-0.25, -0.2) is 19.3 Å². The van der Waals surface area contributed by atoms with Gasteiger partial charge in [-0.15, -0.1) is 0 Å². The average Bonchev–Trinajstić information content (AvgIpc) is 2.78. The summed E-state index contributed by atoms with van der Waals surface area (Å²) in [5, 5.41) is 7.60. The van der Waals surface area contributed by atoms with E-state index in [2.05, 4.69) is 25.6 Å². The minimum atomic E-state index is -0.416. The number of hydrogen-bond donors (Lipinski definition) is 2. The molecule has 31 heavy (non-hydrogen) atoms. The van der Waals surface area contributed by atoms with Crippen molar-refractivity contribution in [1.29, 1.82) is 0 Å². The van der Waals surface area contributed by atoms with Crippen molar-refractivity contribution in [3.05, 3.63) is 82.4 Å². The molecule has 2 N–H and O–H groups in total. The summed E-state index contributed by atoms with van der Waals surface area (Å²) in [4.78, 5) is 23.4. The van der Waals surface area contributed by atoms with Gasteiger partial charge < -0.3 is 10.6 Å². The molecule has 0 aliphatic rings. The Morgan fingerprint density at radius 2 is 1.84 bits per heavy atom. The van der Waals surface area contributed by atoms with Gasteiger partial charge in [0.25, 0.3) is 0 Å². The molecule has 0 saturated carbocycles. The second-order valence-corrected chi connectivity index (χ2v) is 7.53. The van der Waals surface area contributed by atoms with Crippen LogP contribution in [-0.4, -0.2) is 21.2 Å². The normalized spacial score (nSPS) is 11.9. The van der Waals surface area contributed by atoms with Crippen LogP contribution in [0.15, 0.2) is 54.9 Å². The van der Waals surface area contributed by atoms with E-state index < -0.39 is 5.82 Å². The Morgan fingerprint density at radius 1 is 1.10 bits per heavy atom. The first kappa shape index (κ1) is 20.7. The number of benzene rings is 2. The molecule has 0 unspecified atom stereocenters. The smallest absolute Gasteiger partial charge is 0.223 e. The molecule has 4 aromatic rings. The molecule has 8 heteroatoms. The lowest BCUT2D eigenvalue weighted by molar-refractivity contribution is 0.112. The zero-order valence-electron chi connectivity index (χ0n) is 16.9. The molecule has 0 spiro atoms. The topological polar surface area (TPSA) is 79.8 Å². The first-order valence-electron chi connectivity index (χ1n) is 9.60. The third kappa shape index (κ3) is 4.46. The van der Waals surface area contributed by atoms with Crippen molar-refractivity contribution < 1.29 is 9.18 Å². The summed E-state index contributed by atoms with van der Waals surface area (Å²) < 4.78 is 14.8. The van der Waals surface area contributed by atoms with Gasteiger partial charge in [0.15, 0.2) is 6.29 Å². The number of aldehydes is 1. The van der Waals surface area contributed by atoms with Gasteiger partial charge in [0, 0.05) is 17.8 Å². The molecule has 2 aromatic heterocycles.